The largest absolute Gasteiger partial charge is 0.481 e. The highest BCUT2D eigenvalue weighted by Crippen LogP contribution is 2.15. The number of aromatic nitrogens is 2. The minimum absolute atomic E-state index is 0.180. The van der Waals surface area contributed by atoms with Crippen molar-refractivity contribution in [1.82, 2.24) is 9.97 Å². The molecule has 1 aromatic carbocycles. The zero-order chi connectivity index (χ0) is 15.4. The highest BCUT2D eigenvalue weighted by molar-refractivity contribution is 5.94. The molecule has 1 amide bonds. The molecule has 6 heteroatoms. The van der Waals surface area contributed by atoms with Gasteiger partial charge in [0.25, 0.3) is 0 Å². The molecule has 0 spiro atoms. The van der Waals surface area contributed by atoms with Crippen LogP contribution >= 0.6 is 0 Å². The van der Waals surface area contributed by atoms with E-state index in [-0.39, 0.29) is 11.9 Å². The van der Waals surface area contributed by atoms with Gasteiger partial charge in [-0.3, -0.25) is 10.1 Å². The summed E-state index contributed by atoms with van der Waals surface area (Å²) in [4.78, 5) is 20.3. The maximum Gasteiger partial charge on any atom is 0.248 e. The number of nitrogens with two attached hydrogens (primary N) is 1. The topological polar surface area (TPSA) is 90.1 Å². The summed E-state index contributed by atoms with van der Waals surface area (Å²) in [5, 5.41) is 2.60. The number of aryl methyl sites for hydroxylation is 2. The number of anilines is 1. The van der Waals surface area contributed by atoms with Crippen molar-refractivity contribution in [1.29, 1.82) is 0 Å². The number of ether oxygens (including phenoxy) is 1. The fraction of sp³-hybridized carbons (Fsp3) is 0.267. The molecule has 6 nitrogen and oxygen atoms in total. The zero-order valence-corrected chi connectivity index (χ0v) is 12.3. The molecule has 2 rings (SSSR count). The van der Waals surface area contributed by atoms with E-state index < -0.39 is 6.04 Å². The fourth-order valence-corrected chi connectivity index (χ4v) is 1.81. The summed E-state index contributed by atoms with van der Waals surface area (Å²) in [5.41, 5.74) is 8.48. The molecule has 0 aliphatic heterocycles. The van der Waals surface area contributed by atoms with Gasteiger partial charge >= 0.3 is 0 Å². The second-order valence-corrected chi connectivity index (χ2v) is 4.75. The monoisotopic (exact) mass is 286 g/mol. The summed E-state index contributed by atoms with van der Waals surface area (Å²) in [7, 11) is 1.51. The van der Waals surface area contributed by atoms with Crippen molar-refractivity contribution in [3.05, 3.63) is 47.2 Å². The molecule has 0 aliphatic rings. The number of carbonyl (C=O) groups is 1. The van der Waals surface area contributed by atoms with Crippen LogP contribution in [0.25, 0.3) is 0 Å². The van der Waals surface area contributed by atoms with Crippen LogP contribution < -0.4 is 15.8 Å². The lowest BCUT2D eigenvalue weighted by molar-refractivity contribution is -0.117. The molecule has 0 saturated carbocycles. The van der Waals surface area contributed by atoms with Crippen LogP contribution in [0.3, 0.4) is 0 Å². The number of amides is 1. The molecule has 1 heterocycles. The van der Waals surface area contributed by atoms with Gasteiger partial charge in [-0.1, -0.05) is 29.8 Å². The SMILES string of the molecule is COc1cc(C)nc(NC(=O)C(N)c2ccc(C)cc2)n1. The van der Waals surface area contributed by atoms with Crippen molar-refractivity contribution in [2.24, 2.45) is 5.73 Å². The number of benzene rings is 1. The van der Waals surface area contributed by atoms with E-state index in [1.54, 1.807) is 13.0 Å². The van der Waals surface area contributed by atoms with Gasteiger partial charge in [-0.25, -0.2) is 4.98 Å². The van der Waals surface area contributed by atoms with E-state index in [0.29, 0.717) is 11.6 Å². The van der Waals surface area contributed by atoms with Crippen LogP contribution in [0.5, 0.6) is 5.88 Å². The Morgan fingerprint density at radius 1 is 1.24 bits per heavy atom. The Balaban J connectivity index is 2.13. The number of rotatable bonds is 4. The molecule has 1 aromatic heterocycles. The number of methoxy groups -OCH3 is 1. The quantitative estimate of drug-likeness (QED) is 0.893. The second kappa shape index (κ2) is 6.32. The first-order valence-electron chi connectivity index (χ1n) is 6.52. The summed E-state index contributed by atoms with van der Waals surface area (Å²) >= 11 is 0. The van der Waals surface area contributed by atoms with Gasteiger partial charge in [-0.05, 0) is 19.4 Å². The fourth-order valence-electron chi connectivity index (χ4n) is 1.81. The number of carbonyl (C=O) groups excluding carboxylic acids is 1. The lowest BCUT2D eigenvalue weighted by atomic mass is 10.1. The first-order valence-corrected chi connectivity index (χ1v) is 6.52. The van der Waals surface area contributed by atoms with Crippen LogP contribution in [0.4, 0.5) is 5.95 Å². The third kappa shape index (κ3) is 3.76. The van der Waals surface area contributed by atoms with Crippen LogP contribution in [0.2, 0.25) is 0 Å². The minimum atomic E-state index is -0.777. The van der Waals surface area contributed by atoms with E-state index in [2.05, 4.69) is 15.3 Å². The van der Waals surface area contributed by atoms with E-state index in [1.165, 1.54) is 7.11 Å². The van der Waals surface area contributed by atoms with Gasteiger partial charge in [-0.2, -0.15) is 4.98 Å². The van der Waals surface area contributed by atoms with Crippen molar-refractivity contribution < 1.29 is 9.53 Å². The predicted octanol–water partition coefficient (Wildman–Crippen LogP) is 1.74. The smallest absolute Gasteiger partial charge is 0.248 e. The lowest BCUT2D eigenvalue weighted by Crippen LogP contribution is -2.28. The number of hydrogen-bond donors (Lipinski definition) is 2. The lowest BCUT2D eigenvalue weighted by Gasteiger charge is -2.12. The van der Waals surface area contributed by atoms with Crippen molar-refractivity contribution in [3.63, 3.8) is 0 Å². The average molecular weight is 286 g/mol. The van der Waals surface area contributed by atoms with E-state index >= 15 is 0 Å². The molecule has 0 radical (unpaired) electrons. The predicted molar refractivity (Wildman–Crippen MR) is 80.1 cm³/mol. The van der Waals surface area contributed by atoms with Crippen LogP contribution in [0.1, 0.15) is 22.9 Å². The molecule has 1 unspecified atom stereocenters. The summed E-state index contributed by atoms with van der Waals surface area (Å²) in [6.07, 6.45) is 0. The highest BCUT2D eigenvalue weighted by Gasteiger charge is 2.17. The molecule has 0 bridgehead atoms. The molecule has 1 atom stereocenters. The Morgan fingerprint density at radius 2 is 1.90 bits per heavy atom. The highest BCUT2D eigenvalue weighted by atomic mass is 16.5. The second-order valence-electron chi connectivity index (χ2n) is 4.75. The summed E-state index contributed by atoms with van der Waals surface area (Å²) < 4.78 is 5.04. The van der Waals surface area contributed by atoms with Gasteiger partial charge in [0.1, 0.15) is 6.04 Å². The molecule has 3 N–H and O–H groups in total. The minimum Gasteiger partial charge on any atom is -0.481 e. The van der Waals surface area contributed by atoms with Gasteiger partial charge in [0.05, 0.1) is 7.11 Å². The first-order chi connectivity index (χ1) is 9.99. The Morgan fingerprint density at radius 3 is 2.52 bits per heavy atom. The molecule has 110 valence electrons. The summed E-state index contributed by atoms with van der Waals surface area (Å²) in [6, 6.07) is 8.38. The molecule has 2 aromatic rings. The molecule has 0 fully saturated rings. The maximum atomic E-state index is 12.2. The van der Waals surface area contributed by atoms with Crippen LogP contribution in [-0.2, 0) is 4.79 Å². The number of nitrogens with one attached hydrogen (secondary N) is 1. The molecule has 0 aliphatic carbocycles. The standard InChI is InChI=1S/C15H18N4O2/c1-9-4-6-11(7-5-9)13(16)14(20)19-15-17-10(2)8-12(18-15)21-3/h4-8,13H,16H2,1-3H3,(H,17,18,19,20). The molecular weight excluding hydrogens is 268 g/mol. The Labute approximate surface area is 123 Å². The molecule has 0 saturated heterocycles. The average Bonchev–Trinajstić information content (AvgIpc) is 2.46. The van der Waals surface area contributed by atoms with Crippen molar-refractivity contribution in [2.75, 3.05) is 12.4 Å². The normalized spacial score (nSPS) is 11.8. The third-order valence-corrected chi connectivity index (χ3v) is 2.99. The van der Waals surface area contributed by atoms with Gasteiger partial charge in [0, 0.05) is 11.8 Å². The van der Waals surface area contributed by atoms with Crippen molar-refractivity contribution >= 4 is 11.9 Å². The van der Waals surface area contributed by atoms with Crippen LogP contribution in [0, 0.1) is 13.8 Å². The summed E-state index contributed by atoms with van der Waals surface area (Å²) in [6.45, 7) is 3.77. The number of hydrogen-bond acceptors (Lipinski definition) is 5. The first kappa shape index (κ1) is 14.9. The Bertz CT molecular complexity index is 641. The van der Waals surface area contributed by atoms with Crippen LogP contribution in [-0.4, -0.2) is 23.0 Å². The van der Waals surface area contributed by atoms with Gasteiger partial charge < -0.3 is 10.5 Å². The number of nitrogens with zero attached hydrogens (tertiary/aromatic N) is 2. The van der Waals surface area contributed by atoms with Gasteiger partial charge in [0.2, 0.25) is 17.7 Å². The van der Waals surface area contributed by atoms with E-state index in [1.807, 2.05) is 31.2 Å². The maximum absolute atomic E-state index is 12.2. The summed E-state index contributed by atoms with van der Waals surface area (Å²) in [5.74, 6) is 0.202. The van der Waals surface area contributed by atoms with Crippen molar-refractivity contribution in [2.45, 2.75) is 19.9 Å². The van der Waals surface area contributed by atoms with E-state index in [0.717, 1.165) is 11.1 Å². The van der Waals surface area contributed by atoms with Gasteiger partial charge in [0.15, 0.2) is 0 Å². The molecular formula is C15H18N4O2. The Kier molecular flexibility index (Phi) is 4.49. The van der Waals surface area contributed by atoms with Gasteiger partial charge in [-0.15, -0.1) is 0 Å². The van der Waals surface area contributed by atoms with E-state index in [4.69, 9.17) is 10.5 Å². The Hall–Kier alpha value is -2.47. The zero-order valence-electron chi connectivity index (χ0n) is 12.3. The van der Waals surface area contributed by atoms with Crippen LogP contribution in [0.15, 0.2) is 30.3 Å². The third-order valence-electron chi connectivity index (χ3n) is 2.99. The van der Waals surface area contributed by atoms with E-state index in [9.17, 15) is 4.79 Å². The van der Waals surface area contributed by atoms with Crippen molar-refractivity contribution in [3.8, 4) is 5.88 Å². The molecule has 21 heavy (non-hydrogen) atoms.